The van der Waals surface area contributed by atoms with Crippen LogP contribution < -0.4 is 4.90 Å². The minimum absolute atomic E-state index is 0.0295. The zero-order valence-electron chi connectivity index (χ0n) is 11.6. The fourth-order valence-electron chi connectivity index (χ4n) is 2.51. The maximum atomic E-state index is 10.1. The Labute approximate surface area is 114 Å². The van der Waals surface area contributed by atoms with Crippen LogP contribution >= 0.6 is 0 Å². The fraction of sp³-hybridized carbons (Fsp3) is 0.600. The molecule has 1 aliphatic heterocycles. The first-order chi connectivity index (χ1) is 9.17. The summed E-state index contributed by atoms with van der Waals surface area (Å²) in [5, 5.41) is 19.4. The largest absolute Gasteiger partial charge is 0.394 e. The average molecular weight is 265 g/mol. The minimum Gasteiger partial charge on any atom is -0.394 e. The summed E-state index contributed by atoms with van der Waals surface area (Å²) < 4.78 is 5.56. The Morgan fingerprint density at radius 3 is 2.84 bits per heavy atom. The number of rotatable bonds is 4. The molecule has 0 amide bonds. The number of hydrogen-bond donors (Lipinski definition) is 2. The molecule has 0 spiro atoms. The Balaban J connectivity index is 2.29. The Hall–Kier alpha value is -1.10. The average Bonchev–Trinajstić information content (AvgIpc) is 2.47. The highest BCUT2D eigenvalue weighted by Crippen LogP contribution is 2.31. The molecular weight excluding hydrogens is 242 g/mol. The number of aliphatic hydroxyl groups excluding tert-OH is 2. The second-order valence-corrected chi connectivity index (χ2v) is 5.12. The summed E-state index contributed by atoms with van der Waals surface area (Å²) in [6.45, 7) is 5.36. The predicted molar refractivity (Wildman–Crippen MR) is 75.3 cm³/mol. The van der Waals surface area contributed by atoms with Crippen LogP contribution in [0, 0.1) is 0 Å². The smallest absolute Gasteiger partial charge is 0.0981 e. The molecule has 0 aliphatic carbocycles. The molecular formula is C15H23NO3. The molecule has 4 nitrogen and oxygen atoms in total. The van der Waals surface area contributed by atoms with Crippen molar-refractivity contribution < 1.29 is 14.9 Å². The van der Waals surface area contributed by atoms with E-state index in [1.54, 1.807) is 0 Å². The summed E-state index contributed by atoms with van der Waals surface area (Å²) in [5.74, 6) is 0. The van der Waals surface area contributed by atoms with Crippen LogP contribution in [-0.2, 0) is 4.74 Å². The number of nitrogens with zero attached hydrogens (tertiary/aromatic N) is 1. The second kappa shape index (κ2) is 6.37. The van der Waals surface area contributed by atoms with E-state index in [4.69, 9.17) is 4.74 Å². The van der Waals surface area contributed by atoms with Crippen molar-refractivity contribution in [1.82, 2.24) is 0 Å². The lowest BCUT2D eigenvalue weighted by molar-refractivity contribution is -0.0105. The molecule has 1 aromatic rings. The van der Waals surface area contributed by atoms with Crippen molar-refractivity contribution >= 4 is 5.69 Å². The highest BCUT2D eigenvalue weighted by atomic mass is 16.5. The van der Waals surface area contributed by atoms with Crippen LogP contribution in [0.15, 0.2) is 24.3 Å². The topological polar surface area (TPSA) is 52.9 Å². The van der Waals surface area contributed by atoms with Crippen molar-refractivity contribution in [3.8, 4) is 0 Å². The zero-order chi connectivity index (χ0) is 13.8. The second-order valence-electron chi connectivity index (χ2n) is 5.12. The van der Waals surface area contributed by atoms with Crippen LogP contribution in [0.4, 0.5) is 5.69 Å². The van der Waals surface area contributed by atoms with Crippen LogP contribution in [-0.4, -0.2) is 42.1 Å². The van der Waals surface area contributed by atoms with Gasteiger partial charge in [-0.2, -0.15) is 0 Å². The number of morpholine rings is 1. The monoisotopic (exact) mass is 265 g/mol. The molecule has 1 heterocycles. The van der Waals surface area contributed by atoms with Gasteiger partial charge in [0.1, 0.15) is 0 Å². The lowest BCUT2D eigenvalue weighted by atomic mass is 10.0. The summed E-state index contributed by atoms with van der Waals surface area (Å²) in [6.07, 6.45) is 0.0981. The Morgan fingerprint density at radius 2 is 2.16 bits per heavy atom. The van der Waals surface area contributed by atoms with Gasteiger partial charge in [-0.1, -0.05) is 25.1 Å². The highest BCUT2D eigenvalue weighted by Gasteiger charge is 2.27. The van der Waals surface area contributed by atoms with Gasteiger partial charge in [0.05, 0.1) is 25.4 Å². The fourth-order valence-corrected chi connectivity index (χ4v) is 2.51. The molecule has 1 fully saturated rings. The van der Waals surface area contributed by atoms with E-state index in [-0.39, 0.29) is 18.8 Å². The van der Waals surface area contributed by atoms with Gasteiger partial charge in [0.15, 0.2) is 0 Å². The Bertz CT molecular complexity index is 410. The normalized spacial score (nSPS) is 25.4. The summed E-state index contributed by atoms with van der Waals surface area (Å²) in [5.41, 5.74) is 2.00. The summed E-state index contributed by atoms with van der Waals surface area (Å²) in [7, 11) is 0. The lowest BCUT2D eigenvalue weighted by Crippen LogP contribution is -2.50. The van der Waals surface area contributed by atoms with Crippen LogP contribution in [0.3, 0.4) is 0 Å². The molecule has 19 heavy (non-hydrogen) atoms. The number of aliphatic hydroxyl groups is 2. The van der Waals surface area contributed by atoms with Crippen molar-refractivity contribution in [1.29, 1.82) is 0 Å². The minimum atomic E-state index is -0.446. The lowest BCUT2D eigenvalue weighted by Gasteiger charge is -2.40. The van der Waals surface area contributed by atoms with Gasteiger partial charge >= 0.3 is 0 Å². The molecule has 0 bridgehead atoms. The van der Waals surface area contributed by atoms with Gasteiger partial charge in [0.25, 0.3) is 0 Å². The summed E-state index contributed by atoms with van der Waals surface area (Å²) >= 11 is 0. The number of ether oxygens (including phenoxy) is 1. The highest BCUT2D eigenvalue weighted by molar-refractivity contribution is 5.55. The SMILES string of the molecule is CC[C@@H](O)c1ccccc1N1CC(CO)OCC1C. The molecule has 0 saturated carbocycles. The Morgan fingerprint density at radius 1 is 1.42 bits per heavy atom. The van der Waals surface area contributed by atoms with Crippen molar-refractivity contribution in [3.63, 3.8) is 0 Å². The van der Waals surface area contributed by atoms with E-state index < -0.39 is 6.10 Å². The molecule has 2 rings (SSSR count). The van der Waals surface area contributed by atoms with E-state index in [0.717, 1.165) is 11.3 Å². The van der Waals surface area contributed by atoms with Gasteiger partial charge in [-0.05, 0) is 19.4 Å². The first-order valence-electron chi connectivity index (χ1n) is 6.93. The molecule has 0 aromatic heterocycles. The van der Waals surface area contributed by atoms with Crippen molar-refractivity contribution in [2.24, 2.45) is 0 Å². The summed E-state index contributed by atoms with van der Waals surface area (Å²) in [4.78, 5) is 2.22. The van der Waals surface area contributed by atoms with Crippen molar-refractivity contribution in [3.05, 3.63) is 29.8 Å². The van der Waals surface area contributed by atoms with Gasteiger partial charge in [0.2, 0.25) is 0 Å². The van der Waals surface area contributed by atoms with E-state index in [1.165, 1.54) is 0 Å². The molecule has 0 radical (unpaired) electrons. The van der Waals surface area contributed by atoms with Crippen LogP contribution in [0.5, 0.6) is 0 Å². The third kappa shape index (κ3) is 3.08. The van der Waals surface area contributed by atoms with E-state index in [1.807, 2.05) is 31.2 Å². The quantitative estimate of drug-likeness (QED) is 0.870. The first kappa shape index (κ1) is 14.3. The zero-order valence-corrected chi connectivity index (χ0v) is 11.6. The van der Waals surface area contributed by atoms with E-state index >= 15 is 0 Å². The van der Waals surface area contributed by atoms with Crippen LogP contribution in [0.25, 0.3) is 0 Å². The molecule has 106 valence electrons. The molecule has 1 aromatic carbocycles. The first-order valence-corrected chi connectivity index (χ1v) is 6.93. The molecule has 1 saturated heterocycles. The van der Waals surface area contributed by atoms with E-state index in [0.29, 0.717) is 19.6 Å². The van der Waals surface area contributed by atoms with Gasteiger partial charge in [0, 0.05) is 23.8 Å². The van der Waals surface area contributed by atoms with Crippen LogP contribution in [0.1, 0.15) is 31.9 Å². The molecule has 4 heteroatoms. The molecule has 2 unspecified atom stereocenters. The maximum absolute atomic E-state index is 10.1. The number of para-hydroxylation sites is 1. The standard InChI is InChI=1S/C15H23NO3/c1-3-15(18)13-6-4-5-7-14(13)16-8-12(9-17)19-10-11(16)2/h4-7,11-12,15,17-18H,3,8-10H2,1-2H3/t11?,12?,15-/m1/s1. The third-order valence-electron chi connectivity index (χ3n) is 3.70. The number of benzene rings is 1. The van der Waals surface area contributed by atoms with Gasteiger partial charge in [-0.25, -0.2) is 0 Å². The molecule has 2 N–H and O–H groups in total. The number of anilines is 1. The van der Waals surface area contributed by atoms with Gasteiger partial charge in [-0.3, -0.25) is 0 Å². The molecule has 3 atom stereocenters. The van der Waals surface area contributed by atoms with Gasteiger partial charge in [-0.15, -0.1) is 0 Å². The number of hydrogen-bond acceptors (Lipinski definition) is 4. The van der Waals surface area contributed by atoms with Crippen molar-refractivity contribution in [2.45, 2.75) is 38.5 Å². The van der Waals surface area contributed by atoms with Crippen LogP contribution in [0.2, 0.25) is 0 Å². The predicted octanol–water partition coefficient (Wildman–Crippen LogP) is 1.72. The molecule has 1 aliphatic rings. The maximum Gasteiger partial charge on any atom is 0.0981 e. The van der Waals surface area contributed by atoms with E-state index in [9.17, 15) is 10.2 Å². The Kier molecular flexibility index (Phi) is 4.80. The third-order valence-corrected chi connectivity index (χ3v) is 3.70. The van der Waals surface area contributed by atoms with Crippen molar-refractivity contribution in [2.75, 3.05) is 24.7 Å². The van der Waals surface area contributed by atoms with E-state index in [2.05, 4.69) is 11.8 Å². The summed E-state index contributed by atoms with van der Waals surface area (Å²) in [6, 6.07) is 8.18. The van der Waals surface area contributed by atoms with Gasteiger partial charge < -0.3 is 19.8 Å².